The zero-order valence-corrected chi connectivity index (χ0v) is 12.8. The van der Waals surface area contributed by atoms with E-state index in [1.165, 1.54) is 17.1 Å². The molecule has 1 atom stereocenters. The van der Waals surface area contributed by atoms with Crippen LogP contribution in [0.15, 0.2) is 5.38 Å². The smallest absolute Gasteiger partial charge is 0.110 e. The predicted octanol–water partition coefficient (Wildman–Crippen LogP) is 4.14. The Morgan fingerprint density at radius 3 is 2.41 bits per heavy atom. The first-order valence-electron chi connectivity index (χ1n) is 6.55. The molecule has 1 unspecified atom stereocenters. The topological polar surface area (TPSA) is 24.9 Å². The lowest BCUT2D eigenvalue weighted by Gasteiger charge is -2.20. The fraction of sp³-hybridized carbons (Fsp3) is 0.786. The van der Waals surface area contributed by atoms with Crippen molar-refractivity contribution in [2.75, 3.05) is 6.54 Å². The van der Waals surface area contributed by atoms with E-state index in [0.29, 0.717) is 12.0 Å². The summed E-state index contributed by atoms with van der Waals surface area (Å²) < 4.78 is 0. The Labute approximate surface area is 110 Å². The minimum absolute atomic E-state index is 0.154. The molecule has 0 radical (unpaired) electrons. The van der Waals surface area contributed by atoms with E-state index in [-0.39, 0.29) is 5.41 Å². The fourth-order valence-electron chi connectivity index (χ4n) is 1.68. The highest BCUT2D eigenvalue weighted by atomic mass is 32.1. The molecular formula is C14H26N2S. The lowest BCUT2D eigenvalue weighted by atomic mass is 9.93. The van der Waals surface area contributed by atoms with Crippen LogP contribution in [-0.4, -0.2) is 11.5 Å². The van der Waals surface area contributed by atoms with Gasteiger partial charge in [0.25, 0.3) is 0 Å². The van der Waals surface area contributed by atoms with Gasteiger partial charge in [0, 0.05) is 10.8 Å². The summed E-state index contributed by atoms with van der Waals surface area (Å²) in [7, 11) is 0. The van der Waals surface area contributed by atoms with Crippen molar-refractivity contribution in [3.05, 3.63) is 16.1 Å². The van der Waals surface area contributed by atoms with Crippen molar-refractivity contribution in [2.24, 2.45) is 5.92 Å². The van der Waals surface area contributed by atoms with E-state index in [2.05, 4.69) is 52.2 Å². The number of hydrogen-bond acceptors (Lipinski definition) is 3. The van der Waals surface area contributed by atoms with Gasteiger partial charge in [0.05, 0.1) is 11.7 Å². The van der Waals surface area contributed by atoms with Crippen molar-refractivity contribution in [1.29, 1.82) is 0 Å². The van der Waals surface area contributed by atoms with Gasteiger partial charge in [-0.15, -0.1) is 11.3 Å². The lowest BCUT2D eigenvalue weighted by Crippen LogP contribution is -2.26. The molecule has 0 aliphatic carbocycles. The van der Waals surface area contributed by atoms with Crippen LogP contribution in [0.5, 0.6) is 0 Å². The van der Waals surface area contributed by atoms with Gasteiger partial charge in [-0.3, -0.25) is 0 Å². The van der Waals surface area contributed by atoms with Gasteiger partial charge in [-0.25, -0.2) is 4.98 Å². The van der Waals surface area contributed by atoms with E-state index >= 15 is 0 Å². The molecule has 1 rings (SSSR count). The largest absolute Gasteiger partial charge is 0.308 e. The first-order chi connectivity index (χ1) is 7.86. The molecule has 17 heavy (non-hydrogen) atoms. The van der Waals surface area contributed by atoms with E-state index in [9.17, 15) is 0 Å². The number of nitrogens with zero attached hydrogens (tertiary/aromatic N) is 1. The SMILES string of the molecule is CCCNC(c1nc(C(C)(C)C)cs1)C(C)C. The maximum Gasteiger partial charge on any atom is 0.110 e. The lowest BCUT2D eigenvalue weighted by molar-refractivity contribution is 0.409. The van der Waals surface area contributed by atoms with Gasteiger partial charge in [-0.1, -0.05) is 41.5 Å². The number of nitrogens with one attached hydrogen (secondary N) is 1. The summed E-state index contributed by atoms with van der Waals surface area (Å²) in [6.07, 6.45) is 1.17. The summed E-state index contributed by atoms with van der Waals surface area (Å²) in [5, 5.41) is 7.04. The summed E-state index contributed by atoms with van der Waals surface area (Å²) in [6, 6.07) is 0.399. The standard InChI is InChI=1S/C14H26N2S/c1-7-8-15-12(10(2)3)13-16-11(9-17-13)14(4,5)6/h9-10,12,15H,7-8H2,1-6H3. The second-order valence-electron chi connectivity index (χ2n) is 6.00. The van der Waals surface area contributed by atoms with Crippen molar-refractivity contribution < 1.29 is 0 Å². The molecule has 1 aromatic rings. The zero-order valence-electron chi connectivity index (χ0n) is 12.0. The van der Waals surface area contributed by atoms with Crippen molar-refractivity contribution in [1.82, 2.24) is 10.3 Å². The molecule has 0 fully saturated rings. The molecule has 2 nitrogen and oxygen atoms in total. The Bertz CT molecular complexity index is 336. The summed E-state index contributed by atoms with van der Waals surface area (Å²) in [5.74, 6) is 0.584. The van der Waals surface area contributed by atoms with Crippen LogP contribution in [0.25, 0.3) is 0 Å². The Morgan fingerprint density at radius 1 is 1.35 bits per heavy atom. The third kappa shape index (κ3) is 4.07. The fourth-order valence-corrected chi connectivity index (χ4v) is 2.97. The van der Waals surface area contributed by atoms with Gasteiger partial charge in [0.1, 0.15) is 5.01 Å². The van der Waals surface area contributed by atoms with E-state index in [0.717, 1.165) is 6.54 Å². The van der Waals surface area contributed by atoms with Crippen LogP contribution < -0.4 is 5.32 Å². The van der Waals surface area contributed by atoms with Crippen LogP contribution in [0.2, 0.25) is 0 Å². The van der Waals surface area contributed by atoms with Crippen LogP contribution in [-0.2, 0) is 5.41 Å². The van der Waals surface area contributed by atoms with Gasteiger partial charge in [0.15, 0.2) is 0 Å². The molecule has 0 saturated heterocycles. The minimum atomic E-state index is 0.154. The van der Waals surface area contributed by atoms with E-state index in [1.54, 1.807) is 11.3 Å². The molecule has 0 bridgehead atoms. The van der Waals surface area contributed by atoms with Gasteiger partial charge in [-0.05, 0) is 18.9 Å². The van der Waals surface area contributed by atoms with Gasteiger partial charge < -0.3 is 5.32 Å². The first-order valence-corrected chi connectivity index (χ1v) is 7.43. The van der Waals surface area contributed by atoms with E-state index < -0.39 is 0 Å². The van der Waals surface area contributed by atoms with E-state index in [1.807, 2.05) is 0 Å². The molecule has 0 spiro atoms. The van der Waals surface area contributed by atoms with Crippen molar-refractivity contribution in [3.8, 4) is 0 Å². The molecule has 3 heteroatoms. The quantitative estimate of drug-likeness (QED) is 0.854. The highest BCUT2D eigenvalue weighted by Gasteiger charge is 2.22. The monoisotopic (exact) mass is 254 g/mol. The molecule has 1 aromatic heterocycles. The molecule has 0 saturated carbocycles. The van der Waals surface area contributed by atoms with Crippen LogP contribution in [0, 0.1) is 5.92 Å². The first kappa shape index (κ1) is 14.7. The van der Waals surface area contributed by atoms with Gasteiger partial charge in [-0.2, -0.15) is 0 Å². The Hall–Kier alpha value is -0.410. The second-order valence-corrected chi connectivity index (χ2v) is 6.89. The number of hydrogen-bond donors (Lipinski definition) is 1. The van der Waals surface area contributed by atoms with Crippen molar-refractivity contribution in [2.45, 2.75) is 59.4 Å². The molecule has 0 amide bonds. The van der Waals surface area contributed by atoms with Crippen molar-refractivity contribution >= 4 is 11.3 Å². The number of aromatic nitrogens is 1. The molecule has 1 heterocycles. The highest BCUT2D eigenvalue weighted by Crippen LogP contribution is 2.29. The van der Waals surface area contributed by atoms with Crippen LogP contribution in [0.4, 0.5) is 0 Å². The van der Waals surface area contributed by atoms with Crippen LogP contribution in [0.3, 0.4) is 0 Å². The minimum Gasteiger partial charge on any atom is -0.308 e. The average molecular weight is 254 g/mol. The maximum absolute atomic E-state index is 4.81. The second kappa shape index (κ2) is 5.96. The summed E-state index contributed by atoms with van der Waals surface area (Å²) >= 11 is 1.79. The summed E-state index contributed by atoms with van der Waals surface area (Å²) in [4.78, 5) is 4.81. The third-order valence-electron chi connectivity index (χ3n) is 2.84. The molecule has 1 N–H and O–H groups in total. The Morgan fingerprint density at radius 2 is 2.00 bits per heavy atom. The third-order valence-corrected chi connectivity index (χ3v) is 3.77. The number of rotatable bonds is 5. The van der Waals surface area contributed by atoms with Crippen LogP contribution in [0.1, 0.15) is 64.7 Å². The zero-order chi connectivity index (χ0) is 13.1. The number of thiazole rings is 1. The van der Waals surface area contributed by atoms with Crippen LogP contribution >= 0.6 is 11.3 Å². The highest BCUT2D eigenvalue weighted by molar-refractivity contribution is 7.09. The molecule has 0 aliphatic rings. The summed E-state index contributed by atoms with van der Waals surface area (Å²) in [5.41, 5.74) is 1.36. The maximum atomic E-state index is 4.81. The van der Waals surface area contributed by atoms with Gasteiger partial charge >= 0.3 is 0 Å². The Balaban J connectivity index is 2.84. The molecular weight excluding hydrogens is 228 g/mol. The Kier molecular flexibility index (Phi) is 5.14. The molecule has 98 valence electrons. The molecule has 0 aliphatic heterocycles. The normalized spacial score (nSPS) is 14.3. The predicted molar refractivity (Wildman–Crippen MR) is 76.7 cm³/mol. The van der Waals surface area contributed by atoms with Crippen molar-refractivity contribution in [3.63, 3.8) is 0 Å². The average Bonchev–Trinajstić information content (AvgIpc) is 2.66. The molecule has 0 aromatic carbocycles. The summed E-state index contributed by atoms with van der Waals surface area (Å²) in [6.45, 7) is 14.4. The van der Waals surface area contributed by atoms with E-state index in [4.69, 9.17) is 4.98 Å². The van der Waals surface area contributed by atoms with Gasteiger partial charge in [0.2, 0.25) is 0 Å².